The highest BCUT2D eigenvalue weighted by atomic mass is 32.2. The van der Waals surface area contributed by atoms with Gasteiger partial charge in [-0.2, -0.15) is 11.8 Å². The minimum Gasteiger partial charge on any atom is -0.497 e. The molecule has 0 spiro atoms. The fraction of sp³-hybridized carbons (Fsp3) is 0.150. The average Bonchev–Trinajstić information content (AvgIpc) is 3.46. The lowest BCUT2D eigenvalue weighted by Gasteiger charge is -2.14. The van der Waals surface area contributed by atoms with Crippen LogP contribution in [0.5, 0.6) is 5.75 Å². The van der Waals surface area contributed by atoms with Crippen LogP contribution in [0.1, 0.15) is 22.5 Å². The number of thioether (sulfide) groups is 1. The lowest BCUT2D eigenvalue weighted by Crippen LogP contribution is -2.43. The molecule has 0 aliphatic heterocycles. The highest BCUT2D eigenvalue weighted by molar-refractivity contribution is 7.98. The Hall–Kier alpha value is -5.27. The Bertz CT molecular complexity index is 1950. The van der Waals surface area contributed by atoms with Gasteiger partial charge in [-0.1, -0.05) is 109 Å². The lowest BCUT2D eigenvalue weighted by molar-refractivity contribution is -0.141. The van der Waals surface area contributed by atoms with Crippen molar-refractivity contribution < 1.29 is 23.8 Å². The van der Waals surface area contributed by atoms with Crippen molar-refractivity contribution in [1.29, 1.82) is 0 Å². The number of rotatable bonds is 13. The Balaban J connectivity index is 1.07. The van der Waals surface area contributed by atoms with Gasteiger partial charge in [-0.3, -0.25) is 4.79 Å². The number of benzene rings is 5. The van der Waals surface area contributed by atoms with Crippen LogP contribution in [0.4, 0.5) is 0 Å². The molecule has 0 bridgehead atoms. The summed E-state index contributed by atoms with van der Waals surface area (Å²) >= 11 is 1.48. The molecule has 1 heterocycles. The summed E-state index contributed by atoms with van der Waals surface area (Å²) in [4.78, 5) is 24.3. The van der Waals surface area contributed by atoms with Gasteiger partial charge in [0.15, 0.2) is 0 Å². The van der Waals surface area contributed by atoms with E-state index < -0.39 is 12.0 Å². The van der Waals surface area contributed by atoms with E-state index >= 15 is 0 Å². The van der Waals surface area contributed by atoms with Crippen LogP contribution in [0, 0.1) is 0 Å². The predicted octanol–water partition coefficient (Wildman–Crippen LogP) is 8.41. The molecule has 236 valence electrons. The molecule has 0 fully saturated rings. The minimum absolute atomic E-state index is 0.106. The second-order valence-corrected chi connectivity index (χ2v) is 12.4. The number of para-hydroxylation sites is 1. The van der Waals surface area contributed by atoms with Gasteiger partial charge >= 0.3 is 5.97 Å². The monoisotopic (exact) mass is 641 g/mol. The van der Waals surface area contributed by atoms with Crippen molar-refractivity contribution >= 4 is 34.6 Å². The number of ether oxygens (including phenoxy) is 1. The van der Waals surface area contributed by atoms with Crippen molar-refractivity contribution in [2.24, 2.45) is 0 Å². The van der Waals surface area contributed by atoms with Crippen LogP contribution in [0.15, 0.2) is 132 Å². The van der Waals surface area contributed by atoms with E-state index in [4.69, 9.17) is 9.15 Å². The third-order valence-corrected chi connectivity index (χ3v) is 9.15. The zero-order chi connectivity index (χ0) is 32.6. The largest absolute Gasteiger partial charge is 0.497 e. The molecule has 1 atom stereocenters. The summed E-state index contributed by atoms with van der Waals surface area (Å²) in [7, 11) is 1.58. The number of nitrogens with one attached hydrogen (secondary N) is 1. The molecule has 5 aromatic carbocycles. The molecule has 6 aromatic rings. The molecule has 6 rings (SSSR count). The van der Waals surface area contributed by atoms with Gasteiger partial charge in [0.05, 0.1) is 13.5 Å². The number of fused-ring (bicyclic) bond motifs is 1. The quantitative estimate of drug-likeness (QED) is 0.132. The molecule has 0 unspecified atom stereocenters. The van der Waals surface area contributed by atoms with Crippen LogP contribution < -0.4 is 10.1 Å². The molecule has 47 heavy (non-hydrogen) atoms. The van der Waals surface area contributed by atoms with E-state index in [-0.39, 0.29) is 18.1 Å². The molecule has 0 aliphatic carbocycles. The summed E-state index contributed by atoms with van der Waals surface area (Å²) in [6, 6.07) is 41.6. The van der Waals surface area contributed by atoms with Crippen LogP contribution in [0.3, 0.4) is 0 Å². The van der Waals surface area contributed by atoms with Gasteiger partial charge in [0.1, 0.15) is 23.1 Å². The van der Waals surface area contributed by atoms with Crippen molar-refractivity contribution in [3.63, 3.8) is 0 Å². The number of hydrogen-bond donors (Lipinski definition) is 2. The number of hydrogen-bond acceptors (Lipinski definition) is 5. The van der Waals surface area contributed by atoms with E-state index in [0.29, 0.717) is 11.5 Å². The van der Waals surface area contributed by atoms with E-state index in [0.717, 1.165) is 56.5 Å². The number of carboxylic acid groups (broad SMARTS) is 1. The Labute approximate surface area is 278 Å². The van der Waals surface area contributed by atoms with E-state index in [1.807, 2.05) is 24.3 Å². The summed E-state index contributed by atoms with van der Waals surface area (Å²) < 4.78 is 11.5. The van der Waals surface area contributed by atoms with Gasteiger partial charge in [-0.15, -0.1) is 0 Å². The molecule has 0 radical (unpaired) electrons. The maximum atomic E-state index is 12.5. The van der Waals surface area contributed by atoms with Crippen molar-refractivity contribution in [2.75, 3.05) is 12.9 Å². The first kappa shape index (κ1) is 31.7. The van der Waals surface area contributed by atoms with Crippen LogP contribution in [-0.2, 0) is 28.2 Å². The Morgan fingerprint density at radius 1 is 0.745 bits per heavy atom. The zero-order valence-corrected chi connectivity index (χ0v) is 26.8. The molecule has 0 saturated heterocycles. The fourth-order valence-corrected chi connectivity index (χ4v) is 6.59. The summed E-state index contributed by atoms with van der Waals surface area (Å²) in [6.07, 6.45) is 0.823. The standard InChI is InChI=1S/C40H35NO5S/c1-45-33-21-13-28(14-22-33)24-38(42)41-35(40(43)44)26-47-25-29-11-15-30(16-12-29)31-17-19-32(20-18-31)39-34-9-5-6-10-36(34)46-37(39)23-27-7-3-2-4-8-27/h2-22,35H,23-26H2,1H3,(H,41,42)(H,43,44)/t35-/m0/s1. The number of carbonyl (C=O) groups excluding carboxylic acids is 1. The lowest BCUT2D eigenvalue weighted by atomic mass is 9.96. The van der Waals surface area contributed by atoms with Crippen LogP contribution in [0.2, 0.25) is 0 Å². The molecule has 0 aliphatic rings. The smallest absolute Gasteiger partial charge is 0.327 e. The molecular formula is C40H35NO5S. The van der Waals surface area contributed by atoms with E-state index in [2.05, 4.69) is 84.2 Å². The Kier molecular flexibility index (Phi) is 10.0. The molecule has 1 amide bonds. The Morgan fingerprint density at radius 2 is 1.36 bits per heavy atom. The third kappa shape index (κ3) is 7.94. The van der Waals surface area contributed by atoms with Crippen molar-refractivity contribution in [3.8, 4) is 28.0 Å². The van der Waals surface area contributed by atoms with Gasteiger partial charge in [0.2, 0.25) is 5.91 Å². The fourth-order valence-electron chi connectivity index (χ4n) is 5.58. The minimum atomic E-state index is -1.05. The Morgan fingerprint density at radius 3 is 2.04 bits per heavy atom. The zero-order valence-electron chi connectivity index (χ0n) is 26.0. The number of methoxy groups -OCH3 is 1. The van der Waals surface area contributed by atoms with Crippen molar-refractivity contribution in [1.82, 2.24) is 5.32 Å². The molecular weight excluding hydrogens is 607 g/mol. The van der Waals surface area contributed by atoms with Gasteiger partial charge < -0.3 is 19.6 Å². The maximum absolute atomic E-state index is 12.5. The van der Waals surface area contributed by atoms with E-state index in [1.54, 1.807) is 31.4 Å². The van der Waals surface area contributed by atoms with Crippen LogP contribution in [-0.4, -0.2) is 35.9 Å². The van der Waals surface area contributed by atoms with E-state index in [1.165, 1.54) is 17.3 Å². The topological polar surface area (TPSA) is 88.8 Å². The summed E-state index contributed by atoms with van der Waals surface area (Å²) in [5, 5.41) is 13.4. The van der Waals surface area contributed by atoms with Crippen LogP contribution >= 0.6 is 11.8 Å². The third-order valence-electron chi connectivity index (χ3n) is 8.05. The molecule has 1 aromatic heterocycles. The number of amides is 1. The predicted molar refractivity (Wildman–Crippen MR) is 189 cm³/mol. The molecule has 6 nitrogen and oxygen atoms in total. The first-order valence-electron chi connectivity index (χ1n) is 15.4. The van der Waals surface area contributed by atoms with Gasteiger partial charge in [0.25, 0.3) is 0 Å². The highest BCUT2D eigenvalue weighted by Gasteiger charge is 2.20. The van der Waals surface area contributed by atoms with Crippen molar-refractivity contribution in [3.05, 3.63) is 150 Å². The van der Waals surface area contributed by atoms with Gasteiger partial charge in [-0.05, 0) is 51.6 Å². The number of aliphatic carboxylic acids is 1. The summed E-state index contributed by atoms with van der Waals surface area (Å²) in [5.41, 5.74) is 8.41. The molecule has 0 saturated carbocycles. The second-order valence-electron chi connectivity index (χ2n) is 11.3. The summed E-state index contributed by atoms with van der Waals surface area (Å²) in [6.45, 7) is 0. The van der Waals surface area contributed by atoms with Gasteiger partial charge in [0, 0.05) is 28.9 Å². The maximum Gasteiger partial charge on any atom is 0.327 e. The van der Waals surface area contributed by atoms with Gasteiger partial charge in [-0.25, -0.2) is 4.79 Å². The van der Waals surface area contributed by atoms with Crippen molar-refractivity contribution in [2.45, 2.75) is 24.6 Å². The first-order chi connectivity index (χ1) is 23.0. The molecule has 2 N–H and O–H groups in total. The number of furan rings is 1. The average molecular weight is 642 g/mol. The van der Waals surface area contributed by atoms with E-state index in [9.17, 15) is 14.7 Å². The summed E-state index contributed by atoms with van der Waals surface area (Å²) in [5.74, 6) is 1.18. The SMILES string of the molecule is COc1ccc(CC(=O)N[C@@H](CSCc2ccc(-c3ccc(-c4c(Cc5ccccc5)oc5ccccc45)cc3)cc2)C(=O)O)cc1. The van der Waals surface area contributed by atoms with Crippen LogP contribution in [0.25, 0.3) is 33.2 Å². The normalized spacial score (nSPS) is 11.7. The number of carboxylic acids is 1. The number of carbonyl (C=O) groups is 2. The highest BCUT2D eigenvalue weighted by Crippen LogP contribution is 2.37. The molecule has 7 heteroatoms. The second kappa shape index (κ2) is 14.9. The first-order valence-corrected chi connectivity index (χ1v) is 16.6.